The fourth-order valence-electron chi connectivity index (χ4n) is 2.80. The third kappa shape index (κ3) is 4.00. The predicted molar refractivity (Wildman–Crippen MR) is 101 cm³/mol. The number of halogens is 1. The maximum atomic E-state index is 13.6. The summed E-state index contributed by atoms with van der Waals surface area (Å²) in [6.07, 6.45) is -0.0100. The fraction of sp³-hybridized carbons (Fsp3) is 0.0952. The van der Waals surface area contributed by atoms with Crippen LogP contribution in [0.4, 0.5) is 21.5 Å². The van der Waals surface area contributed by atoms with E-state index in [2.05, 4.69) is 10.6 Å². The number of benzene rings is 3. The molecule has 5 nitrogen and oxygen atoms in total. The molecule has 0 spiro atoms. The van der Waals surface area contributed by atoms with Gasteiger partial charge in [-0.05, 0) is 48.0 Å². The first-order valence-corrected chi connectivity index (χ1v) is 8.47. The van der Waals surface area contributed by atoms with E-state index in [1.54, 1.807) is 30.3 Å². The molecule has 1 heterocycles. The van der Waals surface area contributed by atoms with Crippen LogP contribution in [0.25, 0.3) is 0 Å². The lowest BCUT2D eigenvalue weighted by Gasteiger charge is -2.09. The summed E-state index contributed by atoms with van der Waals surface area (Å²) in [7, 11) is 0. The molecule has 0 saturated heterocycles. The van der Waals surface area contributed by atoms with Gasteiger partial charge in [0, 0.05) is 23.1 Å². The Morgan fingerprint density at radius 3 is 2.41 bits per heavy atom. The van der Waals surface area contributed by atoms with Crippen molar-refractivity contribution in [1.29, 1.82) is 0 Å². The molecule has 136 valence electrons. The molecule has 3 aromatic carbocycles. The molecule has 1 aliphatic heterocycles. The van der Waals surface area contributed by atoms with Crippen molar-refractivity contribution in [3.8, 4) is 11.5 Å². The Bertz CT molecular complexity index is 973. The summed E-state index contributed by atoms with van der Waals surface area (Å²) >= 11 is 0. The summed E-state index contributed by atoms with van der Waals surface area (Å²) in [6, 6.07) is 19.2. The Balaban J connectivity index is 1.37. The summed E-state index contributed by atoms with van der Waals surface area (Å²) in [6.45, 7) is 0.236. The van der Waals surface area contributed by atoms with Gasteiger partial charge in [-0.25, -0.2) is 4.39 Å². The molecule has 3 aromatic rings. The summed E-state index contributed by atoms with van der Waals surface area (Å²) in [4.78, 5) is 12.1. The van der Waals surface area contributed by atoms with Gasteiger partial charge < -0.3 is 20.1 Å². The minimum Gasteiger partial charge on any atom is -0.454 e. The number of nitrogens with one attached hydrogen (secondary N) is 2. The predicted octanol–water partition coefficient (Wildman–Crippen LogP) is 4.48. The molecule has 1 aliphatic rings. The van der Waals surface area contributed by atoms with Crippen LogP contribution in [0.2, 0.25) is 0 Å². The summed E-state index contributed by atoms with van der Waals surface area (Å²) in [5.41, 5.74) is 2.75. The van der Waals surface area contributed by atoms with Gasteiger partial charge in [-0.1, -0.05) is 18.2 Å². The van der Waals surface area contributed by atoms with Crippen LogP contribution in [0.15, 0.2) is 66.7 Å². The fourth-order valence-corrected chi connectivity index (χ4v) is 2.80. The van der Waals surface area contributed by atoms with Crippen LogP contribution >= 0.6 is 0 Å². The zero-order valence-electron chi connectivity index (χ0n) is 14.4. The highest BCUT2D eigenvalue weighted by Crippen LogP contribution is 2.35. The minimum absolute atomic E-state index is 0.0100. The monoisotopic (exact) mass is 364 g/mol. The molecule has 6 heteroatoms. The highest BCUT2D eigenvalue weighted by molar-refractivity contribution is 5.92. The van der Waals surface area contributed by atoms with Gasteiger partial charge in [0.15, 0.2) is 11.5 Å². The van der Waals surface area contributed by atoms with Crippen molar-refractivity contribution in [3.63, 3.8) is 0 Å². The summed E-state index contributed by atoms with van der Waals surface area (Å²) in [5.74, 6) is 0.790. The zero-order chi connectivity index (χ0) is 18.6. The lowest BCUT2D eigenvalue weighted by molar-refractivity contribution is -0.115. The van der Waals surface area contributed by atoms with Gasteiger partial charge in [0.2, 0.25) is 12.7 Å². The van der Waals surface area contributed by atoms with E-state index < -0.39 is 0 Å². The second-order valence-electron chi connectivity index (χ2n) is 6.09. The summed E-state index contributed by atoms with van der Waals surface area (Å²) < 4.78 is 24.3. The SMILES string of the molecule is O=C(Cc1ccccc1F)Nc1ccc(Nc2ccc3c(c2)OCO3)cc1. The van der Waals surface area contributed by atoms with Gasteiger partial charge in [-0.15, -0.1) is 0 Å². The van der Waals surface area contributed by atoms with E-state index in [9.17, 15) is 9.18 Å². The number of hydrogen-bond donors (Lipinski definition) is 2. The molecule has 1 amide bonds. The molecule has 0 fully saturated rings. The topological polar surface area (TPSA) is 59.6 Å². The molecule has 0 bridgehead atoms. The van der Waals surface area contributed by atoms with Crippen molar-refractivity contribution in [2.24, 2.45) is 0 Å². The van der Waals surface area contributed by atoms with Crippen LogP contribution in [-0.4, -0.2) is 12.7 Å². The van der Waals surface area contributed by atoms with E-state index >= 15 is 0 Å². The van der Waals surface area contributed by atoms with E-state index in [0.29, 0.717) is 17.0 Å². The molecule has 0 atom stereocenters. The molecule has 2 N–H and O–H groups in total. The Hall–Kier alpha value is -3.54. The number of ether oxygens (including phenoxy) is 2. The zero-order valence-corrected chi connectivity index (χ0v) is 14.4. The van der Waals surface area contributed by atoms with Crippen molar-refractivity contribution in [1.82, 2.24) is 0 Å². The molecule has 0 radical (unpaired) electrons. The third-order valence-electron chi connectivity index (χ3n) is 4.14. The highest BCUT2D eigenvalue weighted by atomic mass is 19.1. The van der Waals surface area contributed by atoms with Gasteiger partial charge in [-0.3, -0.25) is 4.79 Å². The highest BCUT2D eigenvalue weighted by Gasteiger charge is 2.13. The van der Waals surface area contributed by atoms with E-state index in [1.165, 1.54) is 6.07 Å². The van der Waals surface area contributed by atoms with Gasteiger partial charge in [0.1, 0.15) is 5.82 Å². The Morgan fingerprint density at radius 1 is 0.889 bits per heavy atom. The van der Waals surface area contributed by atoms with Crippen molar-refractivity contribution in [2.75, 3.05) is 17.4 Å². The quantitative estimate of drug-likeness (QED) is 0.701. The van der Waals surface area contributed by atoms with Gasteiger partial charge >= 0.3 is 0 Å². The number of rotatable bonds is 5. The van der Waals surface area contributed by atoms with E-state index in [1.807, 2.05) is 30.3 Å². The normalized spacial score (nSPS) is 11.9. The van der Waals surface area contributed by atoms with Crippen molar-refractivity contribution in [3.05, 3.63) is 78.1 Å². The maximum absolute atomic E-state index is 13.6. The van der Waals surface area contributed by atoms with Crippen LogP contribution in [0.5, 0.6) is 11.5 Å². The number of hydrogen-bond acceptors (Lipinski definition) is 4. The largest absolute Gasteiger partial charge is 0.454 e. The van der Waals surface area contributed by atoms with Crippen molar-refractivity contribution < 1.29 is 18.7 Å². The van der Waals surface area contributed by atoms with Crippen molar-refractivity contribution >= 4 is 23.0 Å². The number of amides is 1. The van der Waals surface area contributed by atoms with Crippen molar-refractivity contribution in [2.45, 2.75) is 6.42 Å². The van der Waals surface area contributed by atoms with Gasteiger partial charge in [-0.2, -0.15) is 0 Å². The Morgan fingerprint density at radius 2 is 1.59 bits per heavy atom. The summed E-state index contributed by atoms with van der Waals surface area (Å²) in [5, 5.41) is 6.04. The lowest BCUT2D eigenvalue weighted by atomic mass is 10.1. The molecule has 4 rings (SSSR count). The van der Waals surface area contributed by atoms with E-state index in [-0.39, 0.29) is 24.9 Å². The minimum atomic E-state index is -0.379. The van der Waals surface area contributed by atoms with Gasteiger partial charge in [0.05, 0.1) is 6.42 Å². The Labute approximate surface area is 155 Å². The molecule has 27 heavy (non-hydrogen) atoms. The number of carbonyl (C=O) groups is 1. The average Bonchev–Trinajstić information content (AvgIpc) is 3.13. The third-order valence-corrected chi connectivity index (χ3v) is 4.14. The lowest BCUT2D eigenvalue weighted by Crippen LogP contribution is -2.15. The van der Waals surface area contributed by atoms with Crippen LogP contribution in [0, 0.1) is 5.82 Å². The first-order valence-electron chi connectivity index (χ1n) is 8.47. The standard InChI is InChI=1S/C21H17FN2O3/c22-18-4-2-1-3-14(18)11-21(25)24-16-7-5-15(6-8-16)23-17-9-10-19-20(12-17)27-13-26-19/h1-10,12,23H,11,13H2,(H,24,25). The van der Waals surface area contributed by atoms with Crippen LogP contribution in [0.3, 0.4) is 0 Å². The first kappa shape index (κ1) is 16.9. The maximum Gasteiger partial charge on any atom is 0.231 e. The van der Waals surface area contributed by atoms with Crippen LogP contribution in [0.1, 0.15) is 5.56 Å². The average molecular weight is 364 g/mol. The molecular formula is C21H17FN2O3. The molecular weight excluding hydrogens is 347 g/mol. The number of carbonyl (C=O) groups excluding carboxylic acids is 1. The number of fused-ring (bicyclic) bond motifs is 1. The van der Waals surface area contributed by atoms with Gasteiger partial charge in [0.25, 0.3) is 0 Å². The Kier molecular flexibility index (Phi) is 4.61. The number of anilines is 3. The van der Waals surface area contributed by atoms with Crippen LogP contribution in [-0.2, 0) is 11.2 Å². The molecule has 0 aromatic heterocycles. The first-order chi connectivity index (χ1) is 13.2. The molecule has 0 aliphatic carbocycles. The second kappa shape index (κ2) is 7.37. The van der Waals surface area contributed by atoms with Crippen LogP contribution < -0.4 is 20.1 Å². The molecule has 0 unspecified atom stereocenters. The smallest absolute Gasteiger partial charge is 0.231 e. The second-order valence-corrected chi connectivity index (χ2v) is 6.09. The van der Waals surface area contributed by atoms with E-state index in [4.69, 9.17) is 9.47 Å². The molecule has 0 saturated carbocycles. The van der Waals surface area contributed by atoms with E-state index in [0.717, 1.165) is 17.1 Å².